The summed E-state index contributed by atoms with van der Waals surface area (Å²) in [7, 11) is 0. The molecule has 0 aliphatic heterocycles. The molecule has 15 heavy (non-hydrogen) atoms. The molecule has 0 N–H and O–H groups in total. The number of ether oxygens (including phenoxy) is 1. The van der Waals surface area contributed by atoms with Crippen LogP contribution in [0.15, 0.2) is 18.2 Å². The maximum absolute atomic E-state index is 6.09. The van der Waals surface area contributed by atoms with E-state index in [1.165, 1.54) is 5.56 Å². The summed E-state index contributed by atoms with van der Waals surface area (Å²) < 4.78 is 5.76. The lowest BCUT2D eigenvalue weighted by Crippen LogP contribution is -2.11. The van der Waals surface area contributed by atoms with Gasteiger partial charge in [-0.05, 0) is 36.0 Å². The van der Waals surface area contributed by atoms with Crippen LogP contribution in [0.25, 0.3) is 0 Å². The van der Waals surface area contributed by atoms with E-state index >= 15 is 0 Å². The van der Waals surface area contributed by atoms with Crippen LogP contribution in [-0.2, 0) is 5.41 Å². The van der Waals surface area contributed by atoms with Gasteiger partial charge in [0.15, 0.2) is 0 Å². The molecule has 0 bridgehead atoms. The van der Waals surface area contributed by atoms with Crippen LogP contribution in [0.3, 0.4) is 0 Å². The third kappa shape index (κ3) is 2.66. The van der Waals surface area contributed by atoms with Gasteiger partial charge >= 0.3 is 0 Å². The summed E-state index contributed by atoms with van der Waals surface area (Å²) in [6, 6.07) is 6.07. The molecule has 2 heteroatoms. The predicted molar refractivity (Wildman–Crippen MR) is 63.8 cm³/mol. The van der Waals surface area contributed by atoms with Crippen molar-refractivity contribution in [2.24, 2.45) is 0 Å². The van der Waals surface area contributed by atoms with Crippen LogP contribution >= 0.6 is 11.6 Å². The normalized spacial score (nSPS) is 16.5. The maximum atomic E-state index is 6.09. The molecule has 0 aromatic heterocycles. The van der Waals surface area contributed by atoms with Gasteiger partial charge in [0.25, 0.3) is 0 Å². The monoisotopic (exact) mass is 224 g/mol. The van der Waals surface area contributed by atoms with Gasteiger partial charge in [-0.25, -0.2) is 0 Å². The van der Waals surface area contributed by atoms with Crippen molar-refractivity contribution in [3.05, 3.63) is 28.8 Å². The van der Waals surface area contributed by atoms with Crippen molar-refractivity contribution in [1.29, 1.82) is 0 Å². The lowest BCUT2D eigenvalue weighted by atomic mass is 9.87. The minimum atomic E-state index is 0.145. The average Bonchev–Trinajstić information content (AvgIpc) is 2.90. The summed E-state index contributed by atoms with van der Waals surface area (Å²) >= 11 is 6.09. The van der Waals surface area contributed by atoms with E-state index in [1.54, 1.807) is 0 Å². The standard InChI is InChI=1S/C13H17ClO/c1-13(2,3)9-4-7-11(14)12(8-9)15-10-5-6-10/h4,7-8,10H,5-6H2,1-3H3. The van der Waals surface area contributed by atoms with Gasteiger partial charge in [0.1, 0.15) is 5.75 Å². The Bertz CT molecular complexity index is 361. The van der Waals surface area contributed by atoms with Crippen LogP contribution in [0, 0.1) is 0 Å². The number of halogens is 1. The summed E-state index contributed by atoms with van der Waals surface area (Å²) in [6.45, 7) is 6.57. The number of hydrogen-bond acceptors (Lipinski definition) is 1. The van der Waals surface area contributed by atoms with E-state index in [0.29, 0.717) is 6.10 Å². The zero-order valence-electron chi connectivity index (χ0n) is 9.51. The Morgan fingerprint density at radius 3 is 2.47 bits per heavy atom. The predicted octanol–water partition coefficient (Wildman–Crippen LogP) is 4.18. The fourth-order valence-corrected chi connectivity index (χ4v) is 1.59. The molecule has 1 aliphatic carbocycles. The van der Waals surface area contributed by atoms with Gasteiger partial charge in [-0.15, -0.1) is 0 Å². The molecule has 2 rings (SSSR count). The fourth-order valence-electron chi connectivity index (χ4n) is 1.43. The first kappa shape index (κ1) is 10.8. The minimum absolute atomic E-state index is 0.145. The van der Waals surface area contributed by atoms with E-state index in [4.69, 9.17) is 16.3 Å². The Morgan fingerprint density at radius 2 is 1.93 bits per heavy atom. The lowest BCUT2D eigenvalue weighted by Gasteiger charge is -2.20. The molecule has 0 heterocycles. The summed E-state index contributed by atoms with van der Waals surface area (Å²) in [5.41, 5.74) is 1.41. The highest BCUT2D eigenvalue weighted by atomic mass is 35.5. The first-order valence-electron chi connectivity index (χ1n) is 5.43. The van der Waals surface area contributed by atoms with Gasteiger partial charge in [0.05, 0.1) is 11.1 Å². The molecule has 0 spiro atoms. The molecule has 82 valence electrons. The van der Waals surface area contributed by atoms with Crippen LogP contribution < -0.4 is 4.74 Å². The molecular formula is C13H17ClO. The van der Waals surface area contributed by atoms with Crippen LogP contribution in [0.5, 0.6) is 5.75 Å². The van der Waals surface area contributed by atoms with Crippen molar-refractivity contribution in [2.75, 3.05) is 0 Å². The highest BCUT2D eigenvalue weighted by molar-refractivity contribution is 6.32. The third-order valence-electron chi connectivity index (χ3n) is 2.62. The molecule has 0 atom stereocenters. The first-order valence-corrected chi connectivity index (χ1v) is 5.81. The molecule has 0 amide bonds. The molecule has 1 aliphatic rings. The summed E-state index contributed by atoms with van der Waals surface area (Å²) in [6.07, 6.45) is 2.73. The number of rotatable bonds is 2. The van der Waals surface area contributed by atoms with Crippen LogP contribution in [0.1, 0.15) is 39.2 Å². The van der Waals surface area contributed by atoms with Gasteiger partial charge in [0.2, 0.25) is 0 Å². The largest absolute Gasteiger partial charge is 0.489 e. The van der Waals surface area contributed by atoms with Crippen molar-refractivity contribution in [1.82, 2.24) is 0 Å². The summed E-state index contributed by atoms with van der Waals surface area (Å²) in [4.78, 5) is 0. The molecule has 1 saturated carbocycles. The van der Waals surface area contributed by atoms with Crippen molar-refractivity contribution < 1.29 is 4.74 Å². The molecule has 1 aromatic carbocycles. The molecular weight excluding hydrogens is 208 g/mol. The Kier molecular flexibility index (Phi) is 2.68. The van der Waals surface area contributed by atoms with Crippen LogP contribution in [0.4, 0.5) is 0 Å². The molecule has 1 aromatic rings. The highest BCUT2D eigenvalue weighted by Gasteiger charge is 2.25. The van der Waals surface area contributed by atoms with Crippen LogP contribution in [0.2, 0.25) is 5.02 Å². The topological polar surface area (TPSA) is 9.23 Å². The number of hydrogen-bond donors (Lipinski definition) is 0. The van der Waals surface area contributed by atoms with E-state index in [1.807, 2.05) is 6.07 Å². The average molecular weight is 225 g/mol. The maximum Gasteiger partial charge on any atom is 0.138 e. The van der Waals surface area contributed by atoms with E-state index in [-0.39, 0.29) is 5.41 Å². The molecule has 1 fully saturated rings. The summed E-state index contributed by atoms with van der Waals surface area (Å²) in [5, 5.41) is 0.718. The van der Waals surface area contributed by atoms with E-state index in [9.17, 15) is 0 Å². The Morgan fingerprint density at radius 1 is 1.27 bits per heavy atom. The second-order valence-electron chi connectivity index (χ2n) is 5.21. The third-order valence-corrected chi connectivity index (χ3v) is 2.93. The Labute approximate surface area is 96.4 Å². The van der Waals surface area contributed by atoms with Gasteiger partial charge in [-0.2, -0.15) is 0 Å². The van der Waals surface area contributed by atoms with E-state index < -0.39 is 0 Å². The molecule has 0 unspecified atom stereocenters. The molecule has 0 saturated heterocycles. The highest BCUT2D eigenvalue weighted by Crippen LogP contribution is 2.35. The molecule has 0 radical (unpaired) electrons. The zero-order valence-corrected chi connectivity index (χ0v) is 10.3. The quantitative estimate of drug-likeness (QED) is 0.733. The second-order valence-corrected chi connectivity index (χ2v) is 5.62. The lowest BCUT2D eigenvalue weighted by molar-refractivity contribution is 0.302. The van der Waals surface area contributed by atoms with Gasteiger partial charge < -0.3 is 4.74 Å². The van der Waals surface area contributed by atoms with Gasteiger partial charge in [-0.1, -0.05) is 38.4 Å². The molecule has 1 nitrogen and oxygen atoms in total. The minimum Gasteiger partial charge on any atom is -0.489 e. The van der Waals surface area contributed by atoms with Crippen molar-refractivity contribution in [3.8, 4) is 5.75 Å². The summed E-state index contributed by atoms with van der Waals surface area (Å²) in [5.74, 6) is 0.839. The van der Waals surface area contributed by atoms with Gasteiger partial charge in [0, 0.05) is 0 Å². The van der Waals surface area contributed by atoms with Crippen molar-refractivity contribution in [2.45, 2.75) is 45.1 Å². The van der Waals surface area contributed by atoms with E-state index in [0.717, 1.165) is 23.6 Å². The van der Waals surface area contributed by atoms with Crippen molar-refractivity contribution >= 4 is 11.6 Å². The zero-order chi connectivity index (χ0) is 11.1. The smallest absolute Gasteiger partial charge is 0.138 e. The SMILES string of the molecule is CC(C)(C)c1ccc(Cl)c(OC2CC2)c1. The fraction of sp³-hybridized carbons (Fsp3) is 0.538. The number of benzene rings is 1. The van der Waals surface area contributed by atoms with Gasteiger partial charge in [-0.3, -0.25) is 0 Å². The van der Waals surface area contributed by atoms with Crippen molar-refractivity contribution in [3.63, 3.8) is 0 Å². The Hall–Kier alpha value is -0.690. The second kappa shape index (κ2) is 3.71. The van der Waals surface area contributed by atoms with E-state index in [2.05, 4.69) is 32.9 Å². The Balaban J connectivity index is 2.27. The van der Waals surface area contributed by atoms with Crippen LogP contribution in [-0.4, -0.2) is 6.10 Å². The first-order chi connectivity index (χ1) is 6.97.